The maximum Gasteiger partial charge on any atom is 0.155 e. The third kappa shape index (κ3) is 2.53. The molecule has 0 amide bonds. The molecule has 0 radical (unpaired) electrons. The SMILES string of the molecule is COc1ccc(CC2=CC(=O)CC2)cc1Br. The van der Waals surface area contributed by atoms with Gasteiger partial charge in [-0.3, -0.25) is 4.79 Å². The zero-order valence-electron chi connectivity index (χ0n) is 9.13. The Hall–Kier alpha value is -1.09. The first-order chi connectivity index (χ1) is 7.69. The molecule has 0 heterocycles. The van der Waals surface area contributed by atoms with Crippen molar-refractivity contribution < 1.29 is 9.53 Å². The number of benzene rings is 1. The highest BCUT2D eigenvalue weighted by molar-refractivity contribution is 9.10. The molecule has 0 unspecified atom stereocenters. The Balaban J connectivity index is 2.13. The summed E-state index contributed by atoms with van der Waals surface area (Å²) in [5, 5.41) is 0. The molecule has 1 aliphatic carbocycles. The van der Waals surface area contributed by atoms with Gasteiger partial charge in [0.25, 0.3) is 0 Å². The molecule has 0 saturated heterocycles. The van der Waals surface area contributed by atoms with Crippen LogP contribution >= 0.6 is 15.9 Å². The van der Waals surface area contributed by atoms with Gasteiger partial charge in [-0.05, 0) is 52.5 Å². The minimum atomic E-state index is 0.252. The van der Waals surface area contributed by atoms with Crippen LogP contribution in [0.4, 0.5) is 0 Å². The number of carbonyl (C=O) groups is 1. The minimum Gasteiger partial charge on any atom is -0.496 e. The highest BCUT2D eigenvalue weighted by Crippen LogP contribution is 2.27. The minimum absolute atomic E-state index is 0.252. The summed E-state index contributed by atoms with van der Waals surface area (Å²) in [5.74, 6) is 1.09. The van der Waals surface area contributed by atoms with Crippen LogP contribution in [-0.4, -0.2) is 12.9 Å². The molecule has 84 valence electrons. The van der Waals surface area contributed by atoms with E-state index in [4.69, 9.17) is 4.74 Å². The predicted molar refractivity (Wildman–Crippen MR) is 66.7 cm³/mol. The van der Waals surface area contributed by atoms with Crippen LogP contribution in [0.1, 0.15) is 18.4 Å². The maximum atomic E-state index is 11.1. The van der Waals surface area contributed by atoms with Crippen LogP contribution in [0.15, 0.2) is 34.3 Å². The summed E-state index contributed by atoms with van der Waals surface area (Å²) in [6.45, 7) is 0. The molecule has 2 nitrogen and oxygen atoms in total. The van der Waals surface area contributed by atoms with Gasteiger partial charge in [0.05, 0.1) is 11.6 Å². The molecule has 0 atom stereocenters. The van der Waals surface area contributed by atoms with E-state index in [1.54, 1.807) is 13.2 Å². The zero-order chi connectivity index (χ0) is 11.5. The fourth-order valence-electron chi connectivity index (χ4n) is 1.88. The molecule has 16 heavy (non-hydrogen) atoms. The Morgan fingerprint density at radius 1 is 1.38 bits per heavy atom. The van der Waals surface area contributed by atoms with Crippen molar-refractivity contribution in [1.82, 2.24) is 0 Å². The summed E-state index contributed by atoms with van der Waals surface area (Å²) in [6.07, 6.45) is 4.21. The van der Waals surface area contributed by atoms with Gasteiger partial charge in [0.2, 0.25) is 0 Å². The Morgan fingerprint density at radius 3 is 2.75 bits per heavy atom. The molecule has 1 aromatic rings. The first-order valence-corrected chi connectivity index (χ1v) is 6.03. The largest absolute Gasteiger partial charge is 0.496 e. The average Bonchev–Trinajstić information content (AvgIpc) is 2.64. The number of hydrogen-bond acceptors (Lipinski definition) is 2. The second-order valence-electron chi connectivity index (χ2n) is 3.91. The van der Waals surface area contributed by atoms with E-state index in [-0.39, 0.29) is 5.78 Å². The molecule has 1 aliphatic rings. The molecule has 0 aliphatic heterocycles. The molecule has 3 heteroatoms. The summed E-state index contributed by atoms with van der Waals surface area (Å²) in [6, 6.07) is 6.02. The van der Waals surface area contributed by atoms with Crippen LogP contribution in [-0.2, 0) is 11.2 Å². The average molecular weight is 281 g/mol. The Morgan fingerprint density at radius 2 is 2.19 bits per heavy atom. The zero-order valence-corrected chi connectivity index (χ0v) is 10.7. The standard InChI is InChI=1S/C13H13BrO2/c1-16-13-5-3-10(8-12(13)14)6-9-2-4-11(15)7-9/h3,5,7-8H,2,4,6H2,1H3. The van der Waals surface area contributed by atoms with Crippen LogP contribution in [0, 0.1) is 0 Å². The Kier molecular flexibility index (Phi) is 3.44. The lowest BCUT2D eigenvalue weighted by Crippen LogP contribution is -1.90. The van der Waals surface area contributed by atoms with Gasteiger partial charge in [-0.1, -0.05) is 11.6 Å². The van der Waals surface area contributed by atoms with E-state index in [2.05, 4.69) is 15.9 Å². The highest BCUT2D eigenvalue weighted by Gasteiger charge is 2.12. The van der Waals surface area contributed by atoms with Crippen molar-refractivity contribution in [2.45, 2.75) is 19.3 Å². The molecule has 0 saturated carbocycles. The summed E-state index contributed by atoms with van der Waals surface area (Å²) in [5.41, 5.74) is 2.43. The van der Waals surface area contributed by atoms with Crippen molar-refractivity contribution in [3.05, 3.63) is 39.9 Å². The molecule has 0 aromatic heterocycles. The van der Waals surface area contributed by atoms with Gasteiger partial charge in [-0.15, -0.1) is 0 Å². The quantitative estimate of drug-likeness (QED) is 0.849. The molecule has 1 aromatic carbocycles. The third-order valence-corrected chi connectivity index (χ3v) is 3.32. The smallest absolute Gasteiger partial charge is 0.155 e. The number of allylic oxidation sites excluding steroid dienone is 2. The van der Waals surface area contributed by atoms with Gasteiger partial charge < -0.3 is 4.74 Å². The van der Waals surface area contributed by atoms with E-state index in [1.165, 1.54) is 11.1 Å². The van der Waals surface area contributed by atoms with Crippen LogP contribution < -0.4 is 4.74 Å². The topological polar surface area (TPSA) is 26.3 Å². The number of rotatable bonds is 3. The van der Waals surface area contributed by atoms with Crippen molar-refractivity contribution in [2.24, 2.45) is 0 Å². The fourth-order valence-corrected chi connectivity index (χ4v) is 2.47. The van der Waals surface area contributed by atoms with Crippen LogP contribution in [0.2, 0.25) is 0 Å². The predicted octanol–water partition coefficient (Wildman–Crippen LogP) is 3.29. The lowest BCUT2D eigenvalue weighted by molar-refractivity contribution is -0.114. The molecule has 0 N–H and O–H groups in total. The molecule has 0 fully saturated rings. The van der Waals surface area contributed by atoms with E-state index >= 15 is 0 Å². The van der Waals surface area contributed by atoms with Gasteiger partial charge in [-0.2, -0.15) is 0 Å². The Labute approximate surface area is 103 Å². The summed E-state index contributed by atoms with van der Waals surface area (Å²) < 4.78 is 6.13. The number of hydrogen-bond donors (Lipinski definition) is 0. The van der Waals surface area contributed by atoms with Crippen molar-refractivity contribution >= 4 is 21.7 Å². The van der Waals surface area contributed by atoms with Gasteiger partial charge in [-0.25, -0.2) is 0 Å². The number of ether oxygens (including phenoxy) is 1. The number of halogens is 1. The van der Waals surface area contributed by atoms with Crippen molar-refractivity contribution in [2.75, 3.05) is 7.11 Å². The monoisotopic (exact) mass is 280 g/mol. The molecule has 0 spiro atoms. The number of methoxy groups -OCH3 is 1. The first-order valence-electron chi connectivity index (χ1n) is 5.24. The molecular formula is C13H13BrO2. The van der Waals surface area contributed by atoms with Crippen LogP contribution in [0.3, 0.4) is 0 Å². The van der Waals surface area contributed by atoms with Crippen molar-refractivity contribution in [3.8, 4) is 5.75 Å². The highest BCUT2D eigenvalue weighted by atomic mass is 79.9. The number of carbonyl (C=O) groups excluding carboxylic acids is 1. The molecule has 2 rings (SSSR count). The summed E-state index contributed by atoms with van der Waals surface area (Å²) >= 11 is 3.46. The fraction of sp³-hybridized carbons (Fsp3) is 0.308. The first kappa shape index (κ1) is 11.4. The third-order valence-electron chi connectivity index (χ3n) is 2.71. The van der Waals surface area contributed by atoms with E-state index in [0.29, 0.717) is 6.42 Å². The van der Waals surface area contributed by atoms with E-state index < -0.39 is 0 Å². The van der Waals surface area contributed by atoms with Crippen molar-refractivity contribution in [3.63, 3.8) is 0 Å². The van der Waals surface area contributed by atoms with E-state index in [9.17, 15) is 4.79 Å². The van der Waals surface area contributed by atoms with E-state index in [1.807, 2.05) is 18.2 Å². The molecule has 0 bridgehead atoms. The van der Waals surface area contributed by atoms with Gasteiger partial charge >= 0.3 is 0 Å². The second-order valence-corrected chi connectivity index (χ2v) is 4.77. The normalized spacial score (nSPS) is 15.1. The maximum absolute atomic E-state index is 11.1. The lowest BCUT2D eigenvalue weighted by Gasteiger charge is -2.06. The van der Waals surface area contributed by atoms with Gasteiger partial charge in [0.1, 0.15) is 5.75 Å². The van der Waals surface area contributed by atoms with Crippen LogP contribution in [0.5, 0.6) is 5.75 Å². The second kappa shape index (κ2) is 4.83. The van der Waals surface area contributed by atoms with Crippen molar-refractivity contribution in [1.29, 1.82) is 0 Å². The summed E-state index contributed by atoms with van der Waals surface area (Å²) in [4.78, 5) is 11.1. The van der Waals surface area contributed by atoms with Gasteiger partial charge in [0, 0.05) is 6.42 Å². The molecular weight excluding hydrogens is 268 g/mol. The lowest BCUT2D eigenvalue weighted by atomic mass is 10.0. The van der Waals surface area contributed by atoms with E-state index in [0.717, 1.165) is 23.1 Å². The van der Waals surface area contributed by atoms with Crippen LogP contribution in [0.25, 0.3) is 0 Å². The summed E-state index contributed by atoms with van der Waals surface area (Å²) in [7, 11) is 1.65. The van der Waals surface area contributed by atoms with Gasteiger partial charge in [0.15, 0.2) is 5.78 Å². The Bertz CT molecular complexity index is 449. The number of ketones is 1.